The SMILES string of the molecule is CCC(N)(Br)C(=O)OC. The summed E-state index contributed by atoms with van der Waals surface area (Å²) in [6, 6.07) is 0. The lowest BCUT2D eigenvalue weighted by atomic mass is 10.2. The fourth-order valence-corrected chi connectivity index (χ4v) is 0.476. The normalized spacial score (nSPS) is 16.4. The van der Waals surface area contributed by atoms with Crippen LogP contribution >= 0.6 is 15.9 Å². The highest BCUT2D eigenvalue weighted by Crippen LogP contribution is 2.15. The highest BCUT2D eigenvalue weighted by Gasteiger charge is 2.28. The minimum absolute atomic E-state index is 0.440. The van der Waals surface area contributed by atoms with Gasteiger partial charge in [-0.05, 0) is 6.42 Å². The van der Waals surface area contributed by atoms with E-state index < -0.39 is 10.4 Å². The van der Waals surface area contributed by atoms with Gasteiger partial charge in [0.05, 0.1) is 7.11 Å². The van der Waals surface area contributed by atoms with Gasteiger partial charge in [-0.2, -0.15) is 0 Å². The summed E-state index contributed by atoms with van der Waals surface area (Å²) >= 11 is 3.01. The second-order valence-corrected chi connectivity index (χ2v) is 3.12. The van der Waals surface area contributed by atoms with E-state index in [9.17, 15) is 4.79 Å². The van der Waals surface area contributed by atoms with Gasteiger partial charge >= 0.3 is 5.97 Å². The second-order valence-electron chi connectivity index (χ2n) is 1.71. The third kappa shape index (κ3) is 2.32. The molecule has 0 spiro atoms. The standard InChI is InChI=1S/C5H10BrNO2/c1-3-5(6,7)4(8)9-2/h3,7H2,1-2H3. The summed E-state index contributed by atoms with van der Waals surface area (Å²) in [4.78, 5) is 10.7. The molecule has 0 saturated carbocycles. The Kier molecular flexibility index (Phi) is 3.14. The number of nitrogens with two attached hydrogens (primary N) is 1. The van der Waals surface area contributed by atoms with Crippen molar-refractivity contribution in [3.05, 3.63) is 0 Å². The molecule has 0 aliphatic carbocycles. The van der Waals surface area contributed by atoms with Crippen LogP contribution in [0.4, 0.5) is 0 Å². The summed E-state index contributed by atoms with van der Waals surface area (Å²) in [6.45, 7) is 1.80. The molecule has 0 radical (unpaired) electrons. The Morgan fingerprint density at radius 3 is 2.44 bits per heavy atom. The van der Waals surface area contributed by atoms with Gasteiger partial charge in [0.1, 0.15) is 0 Å². The van der Waals surface area contributed by atoms with Crippen LogP contribution in [0.2, 0.25) is 0 Å². The predicted octanol–water partition coefficient (Wildman–Crippen LogP) is 0.619. The zero-order chi connectivity index (χ0) is 7.49. The number of alkyl halides is 1. The Hall–Kier alpha value is -0.0900. The lowest BCUT2D eigenvalue weighted by Crippen LogP contribution is -2.41. The Labute approximate surface area is 62.7 Å². The summed E-state index contributed by atoms with van der Waals surface area (Å²) in [5.41, 5.74) is 5.41. The molecule has 1 unspecified atom stereocenters. The van der Waals surface area contributed by atoms with E-state index >= 15 is 0 Å². The van der Waals surface area contributed by atoms with Crippen molar-refractivity contribution in [3.63, 3.8) is 0 Å². The Bertz CT molecular complexity index is 114. The summed E-state index contributed by atoms with van der Waals surface area (Å²) in [5.74, 6) is -0.440. The van der Waals surface area contributed by atoms with E-state index in [-0.39, 0.29) is 0 Å². The van der Waals surface area contributed by atoms with Crippen molar-refractivity contribution >= 4 is 21.9 Å². The summed E-state index contributed by atoms with van der Waals surface area (Å²) in [7, 11) is 1.31. The van der Waals surface area contributed by atoms with E-state index in [0.29, 0.717) is 6.42 Å². The lowest BCUT2D eigenvalue weighted by molar-refractivity contribution is -0.143. The van der Waals surface area contributed by atoms with E-state index in [1.807, 2.05) is 0 Å². The molecule has 0 amide bonds. The van der Waals surface area contributed by atoms with Gasteiger partial charge in [0.2, 0.25) is 0 Å². The van der Waals surface area contributed by atoms with E-state index in [1.165, 1.54) is 7.11 Å². The lowest BCUT2D eigenvalue weighted by Gasteiger charge is -2.15. The molecule has 9 heavy (non-hydrogen) atoms. The number of ether oxygens (including phenoxy) is 1. The zero-order valence-electron chi connectivity index (χ0n) is 5.48. The van der Waals surface area contributed by atoms with Crippen LogP contribution in [0.25, 0.3) is 0 Å². The third-order valence-corrected chi connectivity index (χ3v) is 1.92. The van der Waals surface area contributed by atoms with Crippen molar-refractivity contribution in [3.8, 4) is 0 Å². The van der Waals surface area contributed by atoms with Crippen molar-refractivity contribution in [1.29, 1.82) is 0 Å². The number of hydrogen-bond acceptors (Lipinski definition) is 3. The van der Waals surface area contributed by atoms with Crippen LogP contribution in [0, 0.1) is 0 Å². The first-order valence-corrected chi connectivity index (χ1v) is 3.40. The van der Waals surface area contributed by atoms with Crippen molar-refractivity contribution in [1.82, 2.24) is 0 Å². The molecule has 0 aromatic heterocycles. The zero-order valence-corrected chi connectivity index (χ0v) is 7.06. The van der Waals surface area contributed by atoms with Crippen LogP contribution in [-0.4, -0.2) is 17.5 Å². The summed E-state index contributed by atoms with van der Waals surface area (Å²) in [6.07, 6.45) is 0.514. The van der Waals surface area contributed by atoms with Gasteiger partial charge in [0.25, 0.3) is 0 Å². The third-order valence-electron chi connectivity index (χ3n) is 1.04. The maximum Gasteiger partial charge on any atom is 0.336 e. The minimum atomic E-state index is -0.998. The van der Waals surface area contributed by atoms with Gasteiger partial charge < -0.3 is 10.5 Å². The van der Waals surface area contributed by atoms with Crippen LogP contribution in [0.5, 0.6) is 0 Å². The molecule has 0 heterocycles. The molecule has 0 aliphatic rings. The first-order valence-electron chi connectivity index (χ1n) is 2.60. The maximum absolute atomic E-state index is 10.7. The molecule has 0 saturated heterocycles. The molecule has 0 fully saturated rings. The molecule has 0 bridgehead atoms. The highest BCUT2D eigenvalue weighted by molar-refractivity contribution is 9.10. The van der Waals surface area contributed by atoms with E-state index in [0.717, 1.165) is 0 Å². The number of hydrogen-bond donors (Lipinski definition) is 1. The molecule has 54 valence electrons. The van der Waals surface area contributed by atoms with E-state index in [4.69, 9.17) is 5.73 Å². The number of rotatable bonds is 2. The van der Waals surface area contributed by atoms with Crippen molar-refractivity contribution in [2.24, 2.45) is 5.73 Å². The van der Waals surface area contributed by atoms with E-state index in [1.54, 1.807) is 6.92 Å². The molecular weight excluding hydrogens is 186 g/mol. The summed E-state index contributed by atoms with van der Waals surface area (Å²) < 4.78 is 3.40. The van der Waals surface area contributed by atoms with E-state index in [2.05, 4.69) is 20.7 Å². The number of esters is 1. The van der Waals surface area contributed by atoms with Crippen LogP contribution in [0.3, 0.4) is 0 Å². The van der Waals surface area contributed by atoms with Gasteiger partial charge in [0, 0.05) is 0 Å². The van der Waals surface area contributed by atoms with Crippen molar-refractivity contribution in [2.75, 3.05) is 7.11 Å². The fourth-order valence-electron chi connectivity index (χ4n) is 0.314. The molecule has 0 aliphatic heterocycles. The molecular formula is C5H10BrNO2. The number of carbonyl (C=O) groups is 1. The molecule has 3 nitrogen and oxygen atoms in total. The van der Waals surface area contributed by atoms with Crippen LogP contribution < -0.4 is 5.73 Å². The first-order chi connectivity index (χ1) is 4.04. The molecule has 0 aromatic rings. The average Bonchev–Trinajstić information content (AvgIpc) is 1.86. The average molecular weight is 196 g/mol. The smallest absolute Gasteiger partial charge is 0.336 e. The van der Waals surface area contributed by atoms with Crippen LogP contribution in [-0.2, 0) is 9.53 Å². The molecule has 0 aromatic carbocycles. The largest absolute Gasteiger partial charge is 0.467 e. The van der Waals surface area contributed by atoms with Crippen molar-refractivity contribution in [2.45, 2.75) is 17.8 Å². The first kappa shape index (κ1) is 8.91. The number of methoxy groups -OCH3 is 1. The predicted molar refractivity (Wildman–Crippen MR) is 38.2 cm³/mol. The molecule has 4 heteroatoms. The number of carbonyl (C=O) groups excluding carboxylic acids is 1. The minimum Gasteiger partial charge on any atom is -0.467 e. The van der Waals surface area contributed by atoms with Gasteiger partial charge in [-0.1, -0.05) is 22.9 Å². The summed E-state index contributed by atoms with van der Waals surface area (Å²) in [5, 5.41) is 0. The Balaban J connectivity index is 3.97. The highest BCUT2D eigenvalue weighted by atomic mass is 79.9. The van der Waals surface area contributed by atoms with Crippen LogP contribution in [0.15, 0.2) is 0 Å². The monoisotopic (exact) mass is 195 g/mol. The maximum atomic E-state index is 10.7. The molecule has 1 atom stereocenters. The fraction of sp³-hybridized carbons (Fsp3) is 0.800. The van der Waals surface area contributed by atoms with Crippen molar-refractivity contribution < 1.29 is 9.53 Å². The van der Waals surface area contributed by atoms with Gasteiger partial charge in [-0.3, -0.25) is 0 Å². The van der Waals surface area contributed by atoms with Crippen LogP contribution in [0.1, 0.15) is 13.3 Å². The number of halogens is 1. The Morgan fingerprint density at radius 1 is 1.89 bits per heavy atom. The quantitative estimate of drug-likeness (QED) is 0.400. The topological polar surface area (TPSA) is 52.3 Å². The molecule has 2 N–H and O–H groups in total. The van der Waals surface area contributed by atoms with Gasteiger partial charge in [-0.25, -0.2) is 4.79 Å². The second kappa shape index (κ2) is 3.17. The molecule has 0 rings (SSSR count). The van der Waals surface area contributed by atoms with Gasteiger partial charge in [0.15, 0.2) is 4.45 Å². The Morgan fingerprint density at radius 2 is 2.33 bits per heavy atom. The van der Waals surface area contributed by atoms with Gasteiger partial charge in [-0.15, -0.1) is 0 Å².